The quantitative estimate of drug-likeness (QED) is 0.616. The van der Waals surface area contributed by atoms with Crippen LogP contribution in [0.2, 0.25) is 0 Å². The number of rotatable bonds is 9. The minimum Gasteiger partial charge on any atom is -0.481 e. The molecule has 4 nitrogen and oxygen atoms in total. The van der Waals surface area contributed by atoms with E-state index < -0.39 is 22.8 Å². The van der Waals surface area contributed by atoms with E-state index in [-0.39, 0.29) is 0 Å². The molecule has 0 aromatic carbocycles. The van der Waals surface area contributed by atoms with Crippen LogP contribution in [-0.4, -0.2) is 22.2 Å². The Balaban J connectivity index is 2.72. The molecule has 1 rings (SSSR count). The SMILES string of the molecule is CCCCCCCCC1(C(=O)O)CCCCC1(C)C(=O)O. The molecule has 0 bridgehead atoms. The van der Waals surface area contributed by atoms with Gasteiger partial charge in [-0.1, -0.05) is 58.3 Å². The highest BCUT2D eigenvalue weighted by molar-refractivity contribution is 5.86. The first-order chi connectivity index (χ1) is 9.90. The third-order valence-electron chi connectivity index (χ3n) is 5.43. The van der Waals surface area contributed by atoms with Gasteiger partial charge in [0.25, 0.3) is 0 Å². The fourth-order valence-corrected chi connectivity index (χ4v) is 3.79. The Morgan fingerprint density at radius 1 is 0.905 bits per heavy atom. The molecule has 0 aromatic heterocycles. The Morgan fingerprint density at radius 3 is 2.05 bits per heavy atom. The maximum atomic E-state index is 11.9. The predicted molar refractivity (Wildman–Crippen MR) is 82.3 cm³/mol. The normalized spacial score (nSPS) is 29.2. The second kappa shape index (κ2) is 7.81. The number of unbranched alkanes of at least 4 members (excludes halogenated alkanes) is 5. The molecular formula is C17H30O4. The first-order valence-corrected chi connectivity index (χ1v) is 8.37. The van der Waals surface area contributed by atoms with Crippen LogP contribution in [-0.2, 0) is 9.59 Å². The lowest BCUT2D eigenvalue weighted by Crippen LogP contribution is -2.52. The largest absolute Gasteiger partial charge is 0.481 e. The highest BCUT2D eigenvalue weighted by Gasteiger charge is 2.58. The second-order valence-electron chi connectivity index (χ2n) is 6.75. The smallest absolute Gasteiger partial charge is 0.310 e. The summed E-state index contributed by atoms with van der Waals surface area (Å²) >= 11 is 0. The van der Waals surface area contributed by atoms with E-state index in [1.54, 1.807) is 6.92 Å². The minimum atomic E-state index is -1.12. The molecule has 1 fully saturated rings. The first-order valence-electron chi connectivity index (χ1n) is 8.37. The zero-order chi connectivity index (χ0) is 15.9. The summed E-state index contributed by atoms with van der Waals surface area (Å²) in [6, 6.07) is 0. The van der Waals surface area contributed by atoms with Crippen LogP contribution in [0.1, 0.15) is 84.5 Å². The molecule has 0 aromatic rings. The third kappa shape index (κ3) is 3.78. The maximum absolute atomic E-state index is 11.9. The lowest BCUT2D eigenvalue weighted by atomic mass is 9.55. The van der Waals surface area contributed by atoms with Gasteiger partial charge in [-0.05, 0) is 26.2 Å². The van der Waals surface area contributed by atoms with Crippen molar-refractivity contribution in [1.29, 1.82) is 0 Å². The van der Waals surface area contributed by atoms with Gasteiger partial charge in [-0.15, -0.1) is 0 Å². The van der Waals surface area contributed by atoms with Gasteiger partial charge in [0, 0.05) is 0 Å². The fraction of sp³-hybridized carbons (Fsp3) is 0.882. The van der Waals surface area contributed by atoms with E-state index in [9.17, 15) is 19.8 Å². The summed E-state index contributed by atoms with van der Waals surface area (Å²) in [5.74, 6) is -1.86. The summed E-state index contributed by atoms with van der Waals surface area (Å²) in [5, 5.41) is 19.3. The predicted octanol–water partition coefficient (Wildman–Crippen LogP) is 4.47. The molecule has 21 heavy (non-hydrogen) atoms. The van der Waals surface area contributed by atoms with Crippen LogP contribution in [0.25, 0.3) is 0 Å². The third-order valence-corrected chi connectivity index (χ3v) is 5.43. The topological polar surface area (TPSA) is 74.6 Å². The van der Waals surface area contributed by atoms with Crippen molar-refractivity contribution < 1.29 is 19.8 Å². The zero-order valence-electron chi connectivity index (χ0n) is 13.5. The van der Waals surface area contributed by atoms with Crippen LogP contribution in [0, 0.1) is 10.8 Å². The van der Waals surface area contributed by atoms with E-state index in [1.165, 1.54) is 19.3 Å². The summed E-state index contributed by atoms with van der Waals surface area (Å²) < 4.78 is 0. The van der Waals surface area contributed by atoms with E-state index in [0.717, 1.165) is 32.1 Å². The van der Waals surface area contributed by atoms with E-state index >= 15 is 0 Å². The Kier molecular flexibility index (Phi) is 6.69. The fourth-order valence-electron chi connectivity index (χ4n) is 3.79. The number of hydrogen-bond acceptors (Lipinski definition) is 2. The highest BCUT2D eigenvalue weighted by Crippen LogP contribution is 2.54. The van der Waals surface area contributed by atoms with Crippen molar-refractivity contribution in [2.45, 2.75) is 84.5 Å². The molecule has 122 valence electrons. The van der Waals surface area contributed by atoms with E-state index in [1.807, 2.05) is 0 Å². The summed E-state index contributed by atoms with van der Waals surface area (Å²) in [4.78, 5) is 23.6. The molecule has 4 heteroatoms. The molecule has 1 aliphatic rings. The van der Waals surface area contributed by atoms with E-state index in [2.05, 4.69) is 6.92 Å². The van der Waals surface area contributed by atoms with Crippen molar-refractivity contribution in [3.05, 3.63) is 0 Å². The number of hydrogen-bond donors (Lipinski definition) is 2. The van der Waals surface area contributed by atoms with Gasteiger partial charge < -0.3 is 10.2 Å². The monoisotopic (exact) mass is 298 g/mol. The van der Waals surface area contributed by atoms with Crippen molar-refractivity contribution in [2.24, 2.45) is 10.8 Å². The first kappa shape index (κ1) is 18.0. The van der Waals surface area contributed by atoms with Gasteiger partial charge in [0.05, 0.1) is 10.8 Å². The van der Waals surface area contributed by atoms with Crippen LogP contribution in [0.5, 0.6) is 0 Å². The summed E-state index contributed by atoms with van der Waals surface area (Å²) in [6.07, 6.45) is 9.65. The van der Waals surface area contributed by atoms with E-state index in [0.29, 0.717) is 19.3 Å². The lowest BCUT2D eigenvalue weighted by Gasteiger charge is -2.46. The average molecular weight is 298 g/mol. The molecule has 0 saturated heterocycles. The highest BCUT2D eigenvalue weighted by atomic mass is 16.4. The number of carbonyl (C=O) groups is 2. The molecule has 0 aliphatic heterocycles. The van der Waals surface area contributed by atoms with Crippen LogP contribution >= 0.6 is 0 Å². The zero-order valence-corrected chi connectivity index (χ0v) is 13.5. The molecule has 1 saturated carbocycles. The van der Waals surface area contributed by atoms with Gasteiger partial charge in [-0.3, -0.25) is 9.59 Å². The van der Waals surface area contributed by atoms with Gasteiger partial charge in [0.1, 0.15) is 0 Å². The molecule has 2 unspecified atom stereocenters. The molecule has 2 N–H and O–H groups in total. The van der Waals surface area contributed by atoms with Gasteiger partial charge >= 0.3 is 11.9 Å². The number of carboxylic acid groups (broad SMARTS) is 2. The standard InChI is InChI=1S/C17H30O4/c1-3-4-5-6-7-8-12-17(15(20)21)13-10-9-11-16(17,2)14(18)19/h3-13H2,1-2H3,(H,18,19)(H,20,21). The average Bonchev–Trinajstić information content (AvgIpc) is 2.44. The van der Waals surface area contributed by atoms with Crippen molar-refractivity contribution >= 4 is 11.9 Å². The maximum Gasteiger partial charge on any atom is 0.310 e. The van der Waals surface area contributed by atoms with Crippen molar-refractivity contribution in [1.82, 2.24) is 0 Å². The number of carboxylic acids is 2. The minimum absolute atomic E-state index is 0.477. The Labute approximate surface area is 127 Å². The van der Waals surface area contributed by atoms with Crippen molar-refractivity contribution in [2.75, 3.05) is 0 Å². The number of aliphatic carboxylic acids is 2. The van der Waals surface area contributed by atoms with Crippen molar-refractivity contribution in [3.63, 3.8) is 0 Å². The second-order valence-corrected chi connectivity index (χ2v) is 6.75. The van der Waals surface area contributed by atoms with Crippen molar-refractivity contribution in [3.8, 4) is 0 Å². The molecular weight excluding hydrogens is 268 g/mol. The van der Waals surface area contributed by atoms with Crippen LogP contribution in [0.4, 0.5) is 0 Å². The van der Waals surface area contributed by atoms with E-state index in [4.69, 9.17) is 0 Å². The summed E-state index contributed by atoms with van der Waals surface area (Å²) in [7, 11) is 0. The molecule has 1 aliphatic carbocycles. The van der Waals surface area contributed by atoms with Crippen LogP contribution in [0.15, 0.2) is 0 Å². The summed E-state index contributed by atoms with van der Waals surface area (Å²) in [5.41, 5.74) is -2.21. The van der Waals surface area contributed by atoms with Gasteiger partial charge in [0.15, 0.2) is 0 Å². The molecule has 0 radical (unpaired) electrons. The van der Waals surface area contributed by atoms with Gasteiger partial charge in [-0.2, -0.15) is 0 Å². The van der Waals surface area contributed by atoms with Gasteiger partial charge in [0.2, 0.25) is 0 Å². The van der Waals surface area contributed by atoms with Gasteiger partial charge in [-0.25, -0.2) is 0 Å². The molecule has 2 atom stereocenters. The van der Waals surface area contributed by atoms with Crippen LogP contribution < -0.4 is 0 Å². The summed E-state index contributed by atoms with van der Waals surface area (Å²) in [6.45, 7) is 3.81. The molecule has 0 amide bonds. The Bertz CT molecular complexity index is 366. The molecule has 0 spiro atoms. The Hall–Kier alpha value is -1.06. The van der Waals surface area contributed by atoms with Crippen LogP contribution in [0.3, 0.4) is 0 Å². The Morgan fingerprint density at radius 2 is 1.48 bits per heavy atom. The lowest BCUT2D eigenvalue weighted by molar-refractivity contribution is -0.179. The molecule has 0 heterocycles.